The first-order valence-electron chi connectivity index (χ1n) is 8.53. The molecule has 2 atom stereocenters. The average Bonchev–Trinajstić information content (AvgIpc) is 3.43. The molecule has 1 aliphatic heterocycles. The molecule has 2 unspecified atom stereocenters. The molecule has 6 heteroatoms. The summed E-state index contributed by atoms with van der Waals surface area (Å²) in [5.41, 5.74) is 3.22. The number of hydrogen-bond acceptors (Lipinski definition) is 2. The first-order chi connectivity index (χ1) is 12.5. The minimum absolute atomic E-state index is 0.0739. The van der Waals surface area contributed by atoms with Gasteiger partial charge in [-0.15, -0.1) is 0 Å². The van der Waals surface area contributed by atoms with Gasteiger partial charge >= 0.3 is 5.97 Å². The van der Waals surface area contributed by atoms with E-state index < -0.39 is 5.97 Å². The van der Waals surface area contributed by atoms with Gasteiger partial charge in [-0.05, 0) is 53.6 Å². The van der Waals surface area contributed by atoms with Crippen LogP contribution < -0.4 is 0 Å². The predicted octanol–water partition coefficient (Wildman–Crippen LogP) is 4.38. The summed E-state index contributed by atoms with van der Waals surface area (Å²) >= 11 is 12.4. The van der Waals surface area contributed by atoms with E-state index in [1.807, 2.05) is 23.1 Å². The second-order valence-electron chi connectivity index (χ2n) is 6.89. The maximum absolute atomic E-state index is 12.9. The lowest BCUT2D eigenvalue weighted by Gasteiger charge is -2.29. The van der Waals surface area contributed by atoms with Crippen molar-refractivity contribution in [2.45, 2.75) is 25.3 Å². The van der Waals surface area contributed by atoms with E-state index in [0.29, 0.717) is 23.1 Å². The smallest absolute Gasteiger partial charge is 0.335 e. The standard InChI is InChI=1S/C20H17Cl2NO3/c21-17-3-1-2-14(18(17)22)15-9-16(15)19(24)23-7-6-11-4-5-12(20(25)26)8-13(11)10-23/h1-5,8,15-16H,6-7,9-10H2,(H,25,26). The van der Waals surface area contributed by atoms with Gasteiger partial charge in [-0.3, -0.25) is 4.79 Å². The zero-order valence-electron chi connectivity index (χ0n) is 13.9. The lowest BCUT2D eigenvalue weighted by atomic mass is 9.97. The third-order valence-corrected chi connectivity index (χ3v) is 6.10. The van der Waals surface area contributed by atoms with E-state index in [9.17, 15) is 9.59 Å². The van der Waals surface area contributed by atoms with Crippen LogP contribution in [0.2, 0.25) is 10.0 Å². The van der Waals surface area contributed by atoms with Crippen molar-refractivity contribution in [3.05, 3.63) is 68.7 Å². The van der Waals surface area contributed by atoms with Crippen molar-refractivity contribution in [2.24, 2.45) is 5.92 Å². The third kappa shape index (κ3) is 3.08. The molecule has 1 N–H and O–H groups in total. The van der Waals surface area contributed by atoms with Crippen molar-refractivity contribution < 1.29 is 14.7 Å². The first kappa shape index (κ1) is 17.4. The molecule has 0 radical (unpaired) electrons. The van der Waals surface area contributed by atoms with E-state index in [1.54, 1.807) is 18.2 Å². The normalized spacial score (nSPS) is 21.2. The van der Waals surface area contributed by atoms with Gasteiger partial charge in [-0.25, -0.2) is 4.79 Å². The number of aromatic carboxylic acids is 1. The van der Waals surface area contributed by atoms with Crippen LogP contribution in [0.1, 0.15) is 39.4 Å². The number of amides is 1. The Kier molecular flexibility index (Phi) is 4.41. The van der Waals surface area contributed by atoms with Crippen molar-refractivity contribution in [3.8, 4) is 0 Å². The molecule has 4 rings (SSSR count). The van der Waals surface area contributed by atoms with E-state index in [0.717, 1.165) is 29.5 Å². The molecule has 2 aromatic carbocycles. The minimum Gasteiger partial charge on any atom is -0.478 e. The Labute approximate surface area is 161 Å². The van der Waals surface area contributed by atoms with Gasteiger partial charge in [-0.2, -0.15) is 0 Å². The molecule has 26 heavy (non-hydrogen) atoms. The van der Waals surface area contributed by atoms with Crippen LogP contribution in [0.4, 0.5) is 0 Å². The first-order valence-corrected chi connectivity index (χ1v) is 9.29. The number of halogens is 2. The van der Waals surface area contributed by atoms with Crippen molar-refractivity contribution in [1.29, 1.82) is 0 Å². The maximum atomic E-state index is 12.9. The van der Waals surface area contributed by atoms with Crippen molar-refractivity contribution >= 4 is 35.1 Å². The Hall–Kier alpha value is -2.04. The molecular formula is C20H17Cl2NO3. The van der Waals surface area contributed by atoms with Crippen molar-refractivity contribution in [3.63, 3.8) is 0 Å². The molecule has 1 saturated carbocycles. The molecule has 0 bridgehead atoms. The van der Waals surface area contributed by atoms with Gasteiger partial charge < -0.3 is 10.0 Å². The average molecular weight is 390 g/mol. The van der Waals surface area contributed by atoms with Gasteiger partial charge in [0.15, 0.2) is 0 Å². The highest BCUT2D eigenvalue weighted by molar-refractivity contribution is 6.42. The molecule has 1 aliphatic carbocycles. The van der Waals surface area contributed by atoms with Crippen LogP contribution >= 0.6 is 23.2 Å². The van der Waals surface area contributed by atoms with Gasteiger partial charge in [0.25, 0.3) is 0 Å². The largest absolute Gasteiger partial charge is 0.478 e. The summed E-state index contributed by atoms with van der Waals surface area (Å²) in [6.45, 7) is 1.12. The number of carbonyl (C=O) groups is 2. The summed E-state index contributed by atoms with van der Waals surface area (Å²) in [7, 11) is 0. The van der Waals surface area contributed by atoms with E-state index in [4.69, 9.17) is 28.3 Å². The van der Waals surface area contributed by atoms with Gasteiger partial charge in [0.2, 0.25) is 5.91 Å². The van der Waals surface area contributed by atoms with E-state index in [-0.39, 0.29) is 23.3 Å². The summed E-state index contributed by atoms with van der Waals surface area (Å²) in [6.07, 6.45) is 1.52. The monoisotopic (exact) mass is 389 g/mol. The molecule has 2 aromatic rings. The molecule has 2 aliphatic rings. The molecule has 0 saturated heterocycles. The highest BCUT2D eigenvalue weighted by atomic mass is 35.5. The van der Waals surface area contributed by atoms with Crippen molar-refractivity contribution in [1.82, 2.24) is 4.90 Å². The van der Waals surface area contributed by atoms with E-state index >= 15 is 0 Å². The Morgan fingerprint density at radius 1 is 1.12 bits per heavy atom. The fourth-order valence-corrected chi connectivity index (χ4v) is 4.18. The minimum atomic E-state index is -0.950. The number of benzene rings is 2. The Morgan fingerprint density at radius 3 is 2.69 bits per heavy atom. The molecule has 0 aromatic heterocycles. The molecule has 1 heterocycles. The number of nitrogens with zero attached hydrogens (tertiary/aromatic N) is 1. The number of carbonyl (C=O) groups excluding carboxylic acids is 1. The Balaban J connectivity index is 1.50. The zero-order chi connectivity index (χ0) is 18.4. The van der Waals surface area contributed by atoms with E-state index in [2.05, 4.69) is 0 Å². The van der Waals surface area contributed by atoms with Crippen LogP contribution in [0.15, 0.2) is 36.4 Å². The second-order valence-corrected chi connectivity index (χ2v) is 7.68. The molecular weight excluding hydrogens is 373 g/mol. The quantitative estimate of drug-likeness (QED) is 0.846. The molecule has 134 valence electrons. The fraction of sp³-hybridized carbons (Fsp3) is 0.300. The third-order valence-electron chi connectivity index (χ3n) is 5.27. The number of carboxylic acids is 1. The molecule has 4 nitrogen and oxygen atoms in total. The van der Waals surface area contributed by atoms with Crippen LogP contribution in [0.25, 0.3) is 0 Å². The van der Waals surface area contributed by atoms with Crippen LogP contribution in [-0.2, 0) is 17.8 Å². The molecule has 0 spiro atoms. The second kappa shape index (κ2) is 6.60. The highest BCUT2D eigenvalue weighted by Crippen LogP contribution is 2.51. The van der Waals surface area contributed by atoms with Gasteiger partial charge in [0.05, 0.1) is 15.6 Å². The predicted molar refractivity (Wildman–Crippen MR) is 99.8 cm³/mol. The summed E-state index contributed by atoms with van der Waals surface area (Å²) in [4.78, 5) is 25.9. The summed E-state index contributed by atoms with van der Waals surface area (Å²) in [6, 6.07) is 10.7. The topological polar surface area (TPSA) is 57.6 Å². The zero-order valence-corrected chi connectivity index (χ0v) is 15.4. The van der Waals surface area contributed by atoms with Crippen LogP contribution in [0.5, 0.6) is 0 Å². The Bertz CT molecular complexity index is 912. The van der Waals surface area contributed by atoms with Crippen LogP contribution in [0, 0.1) is 5.92 Å². The van der Waals surface area contributed by atoms with Gasteiger partial charge in [0.1, 0.15) is 0 Å². The van der Waals surface area contributed by atoms with Crippen LogP contribution in [-0.4, -0.2) is 28.4 Å². The van der Waals surface area contributed by atoms with E-state index in [1.165, 1.54) is 0 Å². The van der Waals surface area contributed by atoms with Gasteiger partial charge in [0, 0.05) is 19.0 Å². The number of rotatable bonds is 3. The summed E-state index contributed by atoms with van der Waals surface area (Å²) in [5.74, 6) is -0.804. The lowest BCUT2D eigenvalue weighted by molar-refractivity contribution is -0.133. The fourth-order valence-electron chi connectivity index (χ4n) is 3.73. The molecule has 1 amide bonds. The van der Waals surface area contributed by atoms with Gasteiger partial charge in [-0.1, -0.05) is 41.4 Å². The number of carboxylic acid groups (broad SMARTS) is 1. The van der Waals surface area contributed by atoms with Crippen molar-refractivity contribution in [2.75, 3.05) is 6.54 Å². The highest BCUT2D eigenvalue weighted by Gasteiger charge is 2.47. The van der Waals surface area contributed by atoms with Crippen LogP contribution in [0.3, 0.4) is 0 Å². The lowest BCUT2D eigenvalue weighted by Crippen LogP contribution is -2.37. The Morgan fingerprint density at radius 2 is 1.92 bits per heavy atom. The number of fused-ring (bicyclic) bond motifs is 1. The number of hydrogen-bond donors (Lipinski definition) is 1. The molecule has 1 fully saturated rings. The maximum Gasteiger partial charge on any atom is 0.335 e. The summed E-state index contributed by atoms with van der Waals surface area (Å²) in [5, 5.41) is 10.2. The summed E-state index contributed by atoms with van der Waals surface area (Å²) < 4.78 is 0. The SMILES string of the molecule is O=C(O)c1ccc2c(c1)CN(C(=O)C1CC1c1cccc(Cl)c1Cl)CC2.